The third-order valence-electron chi connectivity index (χ3n) is 7.25. The minimum atomic E-state index is -0.507. The van der Waals surface area contributed by atoms with E-state index in [1.54, 1.807) is 89.2 Å². The summed E-state index contributed by atoms with van der Waals surface area (Å²) in [5.74, 6) is -2.45. The molecule has 20 nitrogen and oxygen atoms in total. The average Bonchev–Trinajstić information content (AvgIpc) is 3.10. The maximum Gasteiger partial charge on any atom is 0.255 e. The fourth-order valence-electron chi connectivity index (χ4n) is 4.59. The lowest BCUT2D eigenvalue weighted by atomic mass is 9.99. The molecule has 3 aromatic rings. The van der Waals surface area contributed by atoms with E-state index < -0.39 is 11.8 Å². The van der Waals surface area contributed by atoms with Crippen molar-refractivity contribution in [2.45, 2.75) is 34.6 Å². The highest BCUT2D eigenvalue weighted by molar-refractivity contribution is 6.13. The summed E-state index contributed by atoms with van der Waals surface area (Å²) in [6.07, 6.45) is 0. The summed E-state index contributed by atoms with van der Waals surface area (Å²) < 4.78 is 0. The number of hydrogen-bond acceptors (Lipinski definition) is 10. The number of rotatable bonds is 12. The molecule has 20 heteroatoms. The number of carbonyl (C=O) groups is 2. The lowest BCUT2D eigenvalue weighted by molar-refractivity contribution is 0.102. The number of amides is 2. The van der Waals surface area contributed by atoms with Crippen LogP contribution >= 0.6 is 0 Å². The SMILES string of the molecule is C/C(=N/NC(=N)N)c1cc(NC(=O)c2cccc(C(=O)Nc3cc(/C(C)=N\NC(=N)N)cc(/C(C)=N/NC(=N)N)c3)c2C)cc(/C(C)=N\NC(=N)N)c1. The van der Waals surface area contributed by atoms with Crippen LogP contribution in [0, 0.1) is 28.6 Å². The van der Waals surface area contributed by atoms with Crippen LogP contribution in [-0.4, -0.2) is 58.5 Å². The van der Waals surface area contributed by atoms with Crippen molar-refractivity contribution in [3.8, 4) is 0 Å². The predicted octanol–water partition coefficient (Wildman–Crippen LogP) is 1.33. The molecule has 0 atom stereocenters. The lowest BCUT2D eigenvalue weighted by Gasteiger charge is -2.15. The average molecular weight is 723 g/mol. The third kappa shape index (κ3) is 11.7. The summed E-state index contributed by atoms with van der Waals surface area (Å²) in [5.41, 5.74) is 36.7. The number of hydrogen-bond donors (Lipinski definition) is 14. The molecule has 2 amide bonds. The molecule has 0 aliphatic carbocycles. The van der Waals surface area contributed by atoms with Crippen LogP contribution in [0.2, 0.25) is 0 Å². The minimum absolute atomic E-state index is 0.225. The molecule has 53 heavy (non-hydrogen) atoms. The maximum atomic E-state index is 13.7. The smallest absolute Gasteiger partial charge is 0.255 e. The van der Waals surface area contributed by atoms with Crippen molar-refractivity contribution in [3.05, 3.63) is 93.5 Å². The van der Waals surface area contributed by atoms with Gasteiger partial charge in [0, 0.05) is 44.8 Å². The number of nitrogens with zero attached hydrogens (tertiary/aromatic N) is 4. The fraction of sp³-hybridized carbons (Fsp3) is 0.152. The molecule has 3 rings (SSSR count). The summed E-state index contributed by atoms with van der Waals surface area (Å²) in [4.78, 5) is 27.4. The summed E-state index contributed by atoms with van der Waals surface area (Å²) in [6.45, 7) is 8.37. The van der Waals surface area contributed by atoms with Gasteiger partial charge in [-0.1, -0.05) is 6.07 Å². The maximum absolute atomic E-state index is 13.7. The van der Waals surface area contributed by atoms with Crippen molar-refractivity contribution >= 4 is 69.9 Å². The zero-order valence-electron chi connectivity index (χ0n) is 29.6. The molecular weight excluding hydrogens is 680 g/mol. The topological polar surface area (TPSA) is 355 Å². The first kappa shape index (κ1) is 39.8. The van der Waals surface area contributed by atoms with E-state index in [9.17, 15) is 9.59 Å². The molecule has 0 aliphatic rings. The normalized spacial score (nSPS) is 11.9. The molecule has 0 saturated heterocycles. The van der Waals surface area contributed by atoms with Crippen molar-refractivity contribution in [3.63, 3.8) is 0 Å². The second-order valence-electron chi connectivity index (χ2n) is 11.4. The summed E-state index contributed by atoms with van der Waals surface area (Å²) in [5, 5.41) is 51.7. The van der Waals surface area contributed by atoms with E-state index in [0.29, 0.717) is 62.0 Å². The monoisotopic (exact) mass is 722 g/mol. The molecule has 0 bridgehead atoms. The van der Waals surface area contributed by atoms with Gasteiger partial charge in [0.1, 0.15) is 0 Å². The Labute approximate surface area is 304 Å². The Kier molecular flexibility index (Phi) is 13.4. The predicted molar refractivity (Wildman–Crippen MR) is 209 cm³/mol. The van der Waals surface area contributed by atoms with Crippen LogP contribution in [0.5, 0.6) is 0 Å². The van der Waals surface area contributed by atoms with Crippen LogP contribution in [-0.2, 0) is 0 Å². The molecule has 3 aromatic carbocycles. The van der Waals surface area contributed by atoms with E-state index in [4.69, 9.17) is 44.6 Å². The summed E-state index contributed by atoms with van der Waals surface area (Å²) in [7, 11) is 0. The van der Waals surface area contributed by atoms with Gasteiger partial charge in [-0.3, -0.25) is 31.2 Å². The quantitative estimate of drug-likeness (QED) is 0.0722. The van der Waals surface area contributed by atoms with E-state index >= 15 is 0 Å². The number of benzene rings is 3. The molecular formula is C33H42N18O2. The van der Waals surface area contributed by atoms with Gasteiger partial charge >= 0.3 is 0 Å². The van der Waals surface area contributed by atoms with Gasteiger partial charge in [-0.15, -0.1) is 0 Å². The van der Waals surface area contributed by atoms with E-state index in [0.717, 1.165) is 0 Å². The lowest BCUT2D eigenvalue weighted by Crippen LogP contribution is -2.27. The van der Waals surface area contributed by atoms with Crippen LogP contribution < -0.4 is 55.3 Å². The van der Waals surface area contributed by atoms with Gasteiger partial charge in [0.05, 0.1) is 22.8 Å². The van der Waals surface area contributed by atoms with Crippen LogP contribution in [0.3, 0.4) is 0 Å². The standard InChI is InChI=1S/C33H42N18O2/c1-15-26(28(52)42-24-11-20(16(2)44-48-30(34)35)9-21(12-24)17(3)45-49-31(36)37)7-6-8-27(15)29(53)43-25-13-22(18(4)46-50-32(38)39)10-23(14-25)19(5)47-51-33(40)41/h6-14H,1-5H3,(H,42,52)(H,43,53)(H4,34,35,48)(H4,36,37,49)(H4,38,39,50)(H4,40,41,51)/b44-16-,45-17-,46-18-,47-19+. The van der Waals surface area contributed by atoms with E-state index in [2.05, 4.69) is 52.7 Å². The first-order valence-electron chi connectivity index (χ1n) is 15.6. The van der Waals surface area contributed by atoms with Crippen LogP contribution in [0.25, 0.3) is 0 Å². The Bertz CT molecular complexity index is 1850. The molecule has 0 aliphatic heterocycles. The van der Waals surface area contributed by atoms with E-state index in [-0.39, 0.29) is 35.0 Å². The molecule has 0 heterocycles. The number of carbonyl (C=O) groups excluding carboxylic acids is 2. The van der Waals surface area contributed by atoms with Gasteiger partial charge in [0.25, 0.3) is 11.8 Å². The molecule has 0 aromatic heterocycles. The van der Waals surface area contributed by atoms with Gasteiger partial charge in [0.2, 0.25) is 23.8 Å². The van der Waals surface area contributed by atoms with Gasteiger partial charge in [-0.05, 0) is 88.7 Å². The number of nitrogens with two attached hydrogens (primary N) is 4. The third-order valence-corrected chi connectivity index (χ3v) is 7.25. The molecule has 0 spiro atoms. The molecule has 0 radical (unpaired) electrons. The largest absolute Gasteiger partial charge is 0.369 e. The number of nitrogens with one attached hydrogen (secondary N) is 10. The van der Waals surface area contributed by atoms with Crippen LogP contribution in [0.15, 0.2) is 75.0 Å². The zero-order valence-corrected chi connectivity index (χ0v) is 29.6. The number of anilines is 2. The van der Waals surface area contributed by atoms with Crippen molar-refractivity contribution in [1.82, 2.24) is 21.7 Å². The Morgan fingerprint density at radius 1 is 0.509 bits per heavy atom. The minimum Gasteiger partial charge on any atom is -0.369 e. The Hall–Kier alpha value is -7.64. The van der Waals surface area contributed by atoms with Crippen molar-refractivity contribution in [1.29, 1.82) is 21.6 Å². The molecule has 18 N–H and O–H groups in total. The highest BCUT2D eigenvalue weighted by Gasteiger charge is 2.18. The molecule has 276 valence electrons. The molecule has 0 unspecified atom stereocenters. The van der Waals surface area contributed by atoms with Crippen molar-refractivity contribution < 1.29 is 9.59 Å². The van der Waals surface area contributed by atoms with E-state index in [1.165, 1.54) is 0 Å². The van der Waals surface area contributed by atoms with Crippen molar-refractivity contribution in [2.75, 3.05) is 10.6 Å². The Morgan fingerprint density at radius 3 is 1.02 bits per heavy atom. The van der Waals surface area contributed by atoms with Crippen LogP contribution in [0.1, 0.15) is 76.2 Å². The highest BCUT2D eigenvalue weighted by atomic mass is 16.2. The second-order valence-corrected chi connectivity index (χ2v) is 11.4. The number of hydrazone groups is 4. The van der Waals surface area contributed by atoms with Crippen LogP contribution in [0.4, 0.5) is 11.4 Å². The Morgan fingerprint density at radius 2 is 0.774 bits per heavy atom. The molecule has 0 saturated carbocycles. The van der Waals surface area contributed by atoms with Gasteiger partial charge in [0.15, 0.2) is 0 Å². The van der Waals surface area contributed by atoms with Gasteiger partial charge in [-0.25, -0.2) is 21.7 Å². The highest BCUT2D eigenvalue weighted by Crippen LogP contribution is 2.23. The molecule has 0 fully saturated rings. The zero-order chi connectivity index (χ0) is 39.4. The fourth-order valence-corrected chi connectivity index (χ4v) is 4.59. The van der Waals surface area contributed by atoms with E-state index in [1.807, 2.05) is 0 Å². The van der Waals surface area contributed by atoms with Crippen molar-refractivity contribution in [2.24, 2.45) is 43.3 Å². The first-order valence-corrected chi connectivity index (χ1v) is 15.6. The Balaban J connectivity index is 2.00. The van der Waals surface area contributed by atoms with Gasteiger partial charge < -0.3 is 33.6 Å². The summed E-state index contributed by atoms with van der Waals surface area (Å²) in [6, 6.07) is 14.9. The summed E-state index contributed by atoms with van der Waals surface area (Å²) >= 11 is 0. The second kappa shape index (κ2) is 17.8. The number of guanidine groups is 4. The van der Waals surface area contributed by atoms with Gasteiger partial charge in [-0.2, -0.15) is 20.4 Å². The first-order chi connectivity index (χ1) is 24.9.